The molecule has 0 saturated carbocycles. The molecular weight excluding hydrogens is 240 g/mol. The highest BCUT2D eigenvalue weighted by Crippen LogP contribution is 2.20. The molecule has 0 bridgehead atoms. The first-order chi connectivity index (χ1) is 9.27. The maximum Gasteiger partial charge on any atom is 0.119 e. The van der Waals surface area contributed by atoms with Gasteiger partial charge in [0.1, 0.15) is 5.75 Å². The first-order valence-electron chi connectivity index (χ1n) is 6.95. The molecule has 0 aliphatic carbocycles. The molecule has 4 nitrogen and oxygen atoms in total. The molecule has 1 rings (SSSR count). The smallest absolute Gasteiger partial charge is 0.119 e. The van der Waals surface area contributed by atoms with E-state index in [0.29, 0.717) is 13.2 Å². The molecule has 0 aliphatic rings. The summed E-state index contributed by atoms with van der Waals surface area (Å²) >= 11 is 0. The Kier molecular flexibility index (Phi) is 7.82. The molecular formula is C15H24N2O2. The minimum atomic E-state index is 0.0712. The molecule has 0 aliphatic heterocycles. The van der Waals surface area contributed by atoms with E-state index >= 15 is 0 Å². The summed E-state index contributed by atoms with van der Waals surface area (Å²) in [5, 5.41) is 8.39. The number of benzene rings is 1. The van der Waals surface area contributed by atoms with E-state index in [1.54, 1.807) is 0 Å². The summed E-state index contributed by atoms with van der Waals surface area (Å²) in [4.78, 5) is 0. The third-order valence-electron chi connectivity index (χ3n) is 2.63. The molecule has 19 heavy (non-hydrogen) atoms. The van der Waals surface area contributed by atoms with Gasteiger partial charge in [-0.05, 0) is 38.0 Å². The van der Waals surface area contributed by atoms with E-state index in [-0.39, 0.29) is 6.04 Å². The first-order valence-corrected chi connectivity index (χ1v) is 6.95. The monoisotopic (exact) mass is 264 g/mol. The molecule has 0 saturated heterocycles. The third-order valence-corrected chi connectivity index (χ3v) is 2.63. The topological polar surface area (TPSA) is 43.2 Å². The molecule has 0 amide bonds. The van der Waals surface area contributed by atoms with Crippen molar-refractivity contribution in [3.8, 4) is 5.75 Å². The Bertz CT molecular complexity index is 363. The average molecular weight is 264 g/mol. The molecule has 1 unspecified atom stereocenters. The zero-order chi connectivity index (χ0) is 13.9. The van der Waals surface area contributed by atoms with Crippen LogP contribution in [0.25, 0.3) is 0 Å². The SMILES string of the molecule is CCCOc1ccc(C(C)N=NCCOCC)cc1. The van der Waals surface area contributed by atoms with Crippen LogP contribution in [0, 0.1) is 0 Å². The fourth-order valence-corrected chi connectivity index (χ4v) is 1.56. The summed E-state index contributed by atoms with van der Waals surface area (Å²) in [6.45, 7) is 8.84. The number of nitrogens with zero attached hydrogens (tertiary/aromatic N) is 2. The number of rotatable bonds is 9. The lowest BCUT2D eigenvalue weighted by atomic mass is 10.1. The highest BCUT2D eigenvalue weighted by atomic mass is 16.5. The van der Waals surface area contributed by atoms with Gasteiger partial charge < -0.3 is 9.47 Å². The van der Waals surface area contributed by atoms with Crippen molar-refractivity contribution in [2.45, 2.75) is 33.2 Å². The van der Waals surface area contributed by atoms with E-state index in [1.165, 1.54) is 0 Å². The van der Waals surface area contributed by atoms with Gasteiger partial charge >= 0.3 is 0 Å². The van der Waals surface area contributed by atoms with E-state index in [0.717, 1.165) is 30.9 Å². The van der Waals surface area contributed by atoms with Gasteiger partial charge in [0.25, 0.3) is 0 Å². The summed E-state index contributed by atoms with van der Waals surface area (Å²) in [6, 6.07) is 8.12. The first kappa shape index (κ1) is 15.6. The Morgan fingerprint density at radius 2 is 1.84 bits per heavy atom. The standard InChI is InChI=1S/C15H24N2O2/c1-4-11-19-15-8-6-14(7-9-15)13(3)17-16-10-12-18-5-2/h6-9,13H,4-5,10-12H2,1-3H3. The van der Waals surface area contributed by atoms with E-state index in [2.05, 4.69) is 17.2 Å². The molecule has 0 fully saturated rings. The number of azo groups is 1. The Morgan fingerprint density at radius 1 is 1.11 bits per heavy atom. The fourth-order valence-electron chi connectivity index (χ4n) is 1.56. The minimum Gasteiger partial charge on any atom is -0.494 e. The van der Waals surface area contributed by atoms with Gasteiger partial charge in [-0.2, -0.15) is 10.2 Å². The number of hydrogen-bond acceptors (Lipinski definition) is 4. The average Bonchev–Trinajstić information content (AvgIpc) is 2.45. The second-order valence-corrected chi connectivity index (χ2v) is 4.27. The van der Waals surface area contributed by atoms with Crippen molar-refractivity contribution in [1.82, 2.24) is 0 Å². The molecule has 1 aromatic rings. The molecule has 0 radical (unpaired) electrons. The van der Waals surface area contributed by atoms with Crippen molar-refractivity contribution in [3.63, 3.8) is 0 Å². The van der Waals surface area contributed by atoms with Gasteiger partial charge in [-0.3, -0.25) is 0 Å². The maximum atomic E-state index is 5.54. The minimum absolute atomic E-state index is 0.0712. The van der Waals surface area contributed by atoms with Crippen LogP contribution < -0.4 is 4.74 Å². The van der Waals surface area contributed by atoms with Crippen molar-refractivity contribution in [1.29, 1.82) is 0 Å². The van der Waals surface area contributed by atoms with Gasteiger partial charge in [-0.1, -0.05) is 19.1 Å². The van der Waals surface area contributed by atoms with Crippen molar-refractivity contribution in [2.75, 3.05) is 26.4 Å². The number of hydrogen-bond donors (Lipinski definition) is 0. The van der Waals surface area contributed by atoms with Crippen LogP contribution in [0.1, 0.15) is 38.8 Å². The van der Waals surface area contributed by atoms with Gasteiger partial charge in [0.05, 0.1) is 25.8 Å². The predicted molar refractivity (Wildman–Crippen MR) is 76.9 cm³/mol. The molecule has 0 aromatic heterocycles. The van der Waals surface area contributed by atoms with Crippen molar-refractivity contribution < 1.29 is 9.47 Å². The van der Waals surface area contributed by atoms with E-state index in [9.17, 15) is 0 Å². The van der Waals surface area contributed by atoms with Crippen LogP contribution >= 0.6 is 0 Å². The van der Waals surface area contributed by atoms with Crippen LogP contribution in [0.15, 0.2) is 34.5 Å². The van der Waals surface area contributed by atoms with Crippen LogP contribution in [0.4, 0.5) is 0 Å². The van der Waals surface area contributed by atoms with Gasteiger partial charge in [-0.15, -0.1) is 0 Å². The lowest BCUT2D eigenvalue weighted by Crippen LogP contribution is -1.97. The fraction of sp³-hybridized carbons (Fsp3) is 0.600. The zero-order valence-electron chi connectivity index (χ0n) is 12.1. The third kappa shape index (κ3) is 6.34. The van der Waals surface area contributed by atoms with E-state index < -0.39 is 0 Å². The predicted octanol–water partition coefficient (Wildman–Crippen LogP) is 4.03. The normalized spacial score (nSPS) is 12.8. The molecule has 1 aromatic carbocycles. The second kappa shape index (κ2) is 9.50. The van der Waals surface area contributed by atoms with Crippen molar-refractivity contribution in [3.05, 3.63) is 29.8 Å². The highest BCUT2D eigenvalue weighted by molar-refractivity contribution is 5.28. The Morgan fingerprint density at radius 3 is 2.47 bits per heavy atom. The van der Waals surface area contributed by atoms with Gasteiger partial charge in [0, 0.05) is 6.61 Å². The van der Waals surface area contributed by atoms with Crippen LogP contribution in [-0.2, 0) is 4.74 Å². The van der Waals surface area contributed by atoms with E-state index in [4.69, 9.17) is 9.47 Å². The summed E-state index contributed by atoms with van der Waals surface area (Å²) in [6.07, 6.45) is 1.02. The van der Waals surface area contributed by atoms with Crippen LogP contribution in [0.5, 0.6) is 5.75 Å². The Balaban J connectivity index is 2.41. The molecule has 0 spiro atoms. The highest BCUT2D eigenvalue weighted by Gasteiger charge is 2.03. The summed E-state index contributed by atoms with van der Waals surface area (Å²) < 4.78 is 10.7. The molecule has 1 atom stereocenters. The molecule has 106 valence electrons. The van der Waals surface area contributed by atoms with Crippen LogP contribution in [0.3, 0.4) is 0 Å². The van der Waals surface area contributed by atoms with Gasteiger partial charge in [0.15, 0.2) is 0 Å². The van der Waals surface area contributed by atoms with E-state index in [1.807, 2.05) is 38.1 Å². The molecule has 4 heteroatoms. The van der Waals surface area contributed by atoms with Crippen molar-refractivity contribution in [2.24, 2.45) is 10.2 Å². The van der Waals surface area contributed by atoms with Crippen LogP contribution in [0.2, 0.25) is 0 Å². The molecule has 0 heterocycles. The second-order valence-electron chi connectivity index (χ2n) is 4.27. The van der Waals surface area contributed by atoms with Crippen LogP contribution in [-0.4, -0.2) is 26.4 Å². The lowest BCUT2D eigenvalue weighted by Gasteiger charge is -2.08. The molecule has 0 N–H and O–H groups in total. The Hall–Kier alpha value is -1.42. The Labute approximate surface area is 115 Å². The van der Waals surface area contributed by atoms with Crippen molar-refractivity contribution >= 4 is 0 Å². The van der Waals surface area contributed by atoms with Gasteiger partial charge in [0.2, 0.25) is 0 Å². The zero-order valence-corrected chi connectivity index (χ0v) is 12.1. The summed E-state index contributed by atoms with van der Waals surface area (Å²) in [7, 11) is 0. The maximum absolute atomic E-state index is 5.54. The largest absolute Gasteiger partial charge is 0.494 e. The summed E-state index contributed by atoms with van der Waals surface area (Å²) in [5.41, 5.74) is 1.14. The quantitative estimate of drug-likeness (QED) is 0.499. The lowest BCUT2D eigenvalue weighted by molar-refractivity contribution is 0.154. The summed E-state index contributed by atoms with van der Waals surface area (Å²) in [5.74, 6) is 0.908. The van der Waals surface area contributed by atoms with Gasteiger partial charge in [-0.25, -0.2) is 0 Å². The number of ether oxygens (including phenoxy) is 2.